The number of alkyl halides is 3. The van der Waals surface area contributed by atoms with E-state index >= 15 is 0 Å². The van der Waals surface area contributed by atoms with Crippen LogP contribution in [0.25, 0.3) is 11.3 Å². The standard InChI is InChI=1S/C20H22F3N3O2S/c1-13-7-9-26(10-8-13)18(27)12-29-19-24-16(11-17(25-19)20(21,22)23)14-3-5-15(28-2)6-4-14/h3-6,11,13H,7-10,12H2,1-2H3. The summed E-state index contributed by atoms with van der Waals surface area (Å²) in [5, 5.41) is -0.0654. The third-order valence-corrected chi connectivity index (χ3v) is 5.67. The van der Waals surface area contributed by atoms with Crippen molar-refractivity contribution in [3.05, 3.63) is 36.0 Å². The third kappa shape index (κ3) is 5.62. The highest BCUT2D eigenvalue weighted by atomic mass is 32.2. The van der Waals surface area contributed by atoms with Gasteiger partial charge in [-0.05, 0) is 49.1 Å². The molecule has 1 aromatic carbocycles. The predicted molar refractivity (Wildman–Crippen MR) is 105 cm³/mol. The average molecular weight is 425 g/mol. The molecule has 0 atom stereocenters. The predicted octanol–water partition coefficient (Wildman–Crippen LogP) is 4.52. The second-order valence-corrected chi connectivity index (χ2v) is 7.94. The molecule has 0 N–H and O–H groups in total. The first-order chi connectivity index (χ1) is 13.8. The minimum absolute atomic E-state index is 0.0117. The van der Waals surface area contributed by atoms with Crippen molar-refractivity contribution < 1.29 is 22.7 Å². The van der Waals surface area contributed by atoms with Gasteiger partial charge in [-0.3, -0.25) is 4.79 Å². The largest absolute Gasteiger partial charge is 0.497 e. The molecule has 29 heavy (non-hydrogen) atoms. The Morgan fingerprint density at radius 3 is 2.45 bits per heavy atom. The van der Waals surface area contributed by atoms with Crippen LogP contribution in [-0.2, 0) is 11.0 Å². The normalized spacial score (nSPS) is 15.4. The molecule has 1 saturated heterocycles. The lowest BCUT2D eigenvalue weighted by Crippen LogP contribution is -2.38. The van der Waals surface area contributed by atoms with Gasteiger partial charge in [0.25, 0.3) is 0 Å². The number of rotatable bonds is 5. The van der Waals surface area contributed by atoms with Crippen molar-refractivity contribution in [1.82, 2.24) is 14.9 Å². The fourth-order valence-corrected chi connectivity index (χ4v) is 3.78. The zero-order valence-electron chi connectivity index (χ0n) is 16.2. The number of halogens is 3. The van der Waals surface area contributed by atoms with Crippen molar-refractivity contribution in [2.24, 2.45) is 5.92 Å². The number of carbonyl (C=O) groups is 1. The molecular weight excluding hydrogens is 403 g/mol. The maximum atomic E-state index is 13.3. The zero-order chi connectivity index (χ0) is 21.0. The molecule has 2 heterocycles. The summed E-state index contributed by atoms with van der Waals surface area (Å²) in [4.78, 5) is 22.0. The molecule has 0 saturated carbocycles. The van der Waals surface area contributed by atoms with E-state index in [0.29, 0.717) is 30.3 Å². The maximum Gasteiger partial charge on any atom is 0.433 e. The van der Waals surface area contributed by atoms with Gasteiger partial charge in [0.05, 0.1) is 18.6 Å². The lowest BCUT2D eigenvalue weighted by Gasteiger charge is -2.30. The van der Waals surface area contributed by atoms with E-state index in [1.165, 1.54) is 7.11 Å². The minimum Gasteiger partial charge on any atom is -0.497 e. The SMILES string of the molecule is COc1ccc(-c2cc(C(F)(F)F)nc(SCC(=O)N3CCC(C)CC3)n2)cc1. The minimum atomic E-state index is -4.60. The average Bonchev–Trinajstić information content (AvgIpc) is 2.71. The van der Waals surface area contributed by atoms with Crippen LogP contribution in [0.1, 0.15) is 25.5 Å². The Bertz CT molecular complexity index is 851. The van der Waals surface area contributed by atoms with Crippen LogP contribution in [0, 0.1) is 5.92 Å². The van der Waals surface area contributed by atoms with Gasteiger partial charge in [0.1, 0.15) is 11.4 Å². The van der Waals surface area contributed by atoms with Gasteiger partial charge in [0, 0.05) is 18.7 Å². The number of likely N-dealkylation sites (tertiary alicyclic amines) is 1. The lowest BCUT2D eigenvalue weighted by atomic mass is 9.99. The van der Waals surface area contributed by atoms with Crippen molar-refractivity contribution in [3.8, 4) is 17.0 Å². The molecule has 5 nitrogen and oxygen atoms in total. The van der Waals surface area contributed by atoms with Crippen molar-refractivity contribution in [3.63, 3.8) is 0 Å². The van der Waals surface area contributed by atoms with E-state index in [1.807, 2.05) is 0 Å². The Morgan fingerprint density at radius 1 is 1.21 bits per heavy atom. The fourth-order valence-electron chi connectivity index (χ4n) is 3.02. The van der Waals surface area contributed by atoms with Crippen LogP contribution < -0.4 is 4.74 Å². The number of ether oxygens (including phenoxy) is 1. The maximum absolute atomic E-state index is 13.3. The first kappa shape index (κ1) is 21.4. The van der Waals surface area contributed by atoms with E-state index in [-0.39, 0.29) is 22.5 Å². The van der Waals surface area contributed by atoms with Crippen LogP contribution in [0.2, 0.25) is 0 Å². The number of hydrogen-bond acceptors (Lipinski definition) is 5. The quantitative estimate of drug-likeness (QED) is 0.521. The van der Waals surface area contributed by atoms with Gasteiger partial charge in [-0.15, -0.1) is 0 Å². The van der Waals surface area contributed by atoms with Crippen molar-refractivity contribution in [1.29, 1.82) is 0 Å². The third-order valence-electron chi connectivity index (χ3n) is 4.84. The molecule has 0 aliphatic carbocycles. The number of benzene rings is 1. The smallest absolute Gasteiger partial charge is 0.433 e. The highest BCUT2D eigenvalue weighted by Crippen LogP contribution is 2.32. The van der Waals surface area contributed by atoms with Crippen LogP contribution in [0.5, 0.6) is 5.75 Å². The second kappa shape index (κ2) is 9.02. The van der Waals surface area contributed by atoms with Crippen molar-refractivity contribution >= 4 is 17.7 Å². The van der Waals surface area contributed by atoms with Crippen molar-refractivity contribution in [2.75, 3.05) is 26.0 Å². The van der Waals surface area contributed by atoms with Gasteiger partial charge in [-0.1, -0.05) is 18.7 Å². The van der Waals surface area contributed by atoms with Crippen LogP contribution >= 0.6 is 11.8 Å². The van der Waals surface area contributed by atoms with E-state index in [9.17, 15) is 18.0 Å². The van der Waals surface area contributed by atoms with E-state index < -0.39 is 11.9 Å². The summed E-state index contributed by atoms with van der Waals surface area (Å²) in [5.74, 6) is 1.09. The molecule has 0 unspecified atom stereocenters. The lowest BCUT2D eigenvalue weighted by molar-refractivity contribution is -0.141. The van der Waals surface area contributed by atoms with E-state index in [2.05, 4.69) is 16.9 Å². The topological polar surface area (TPSA) is 55.3 Å². The van der Waals surface area contributed by atoms with Gasteiger partial charge in [-0.25, -0.2) is 9.97 Å². The number of amides is 1. The zero-order valence-corrected chi connectivity index (χ0v) is 17.0. The van der Waals surface area contributed by atoms with Gasteiger partial charge in [0.15, 0.2) is 5.16 Å². The van der Waals surface area contributed by atoms with E-state index in [1.54, 1.807) is 29.2 Å². The summed E-state index contributed by atoms with van der Waals surface area (Å²) in [6.07, 6.45) is -2.72. The molecule has 3 rings (SSSR count). The van der Waals surface area contributed by atoms with Gasteiger partial charge in [0.2, 0.25) is 5.91 Å². The van der Waals surface area contributed by atoms with Crippen LogP contribution in [0.3, 0.4) is 0 Å². The molecule has 0 radical (unpaired) electrons. The molecule has 0 spiro atoms. The monoisotopic (exact) mass is 425 g/mol. The fraction of sp³-hybridized carbons (Fsp3) is 0.450. The Morgan fingerprint density at radius 2 is 1.86 bits per heavy atom. The molecule has 1 aliphatic heterocycles. The van der Waals surface area contributed by atoms with Crippen LogP contribution in [-0.4, -0.2) is 46.7 Å². The Balaban J connectivity index is 1.79. The second-order valence-electron chi connectivity index (χ2n) is 7.00. The number of aromatic nitrogens is 2. The van der Waals surface area contributed by atoms with E-state index in [0.717, 1.165) is 30.7 Å². The molecule has 2 aromatic rings. The van der Waals surface area contributed by atoms with Crippen LogP contribution in [0.4, 0.5) is 13.2 Å². The summed E-state index contributed by atoms with van der Waals surface area (Å²) in [5.41, 5.74) is -0.367. The Kier molecular flexibility index (Phi) is 6.66. The molecule has 1 aromatic heterocycles. The Hall–Kier alpha value is -2.29. The molecule has 1 fully saturated rings. The summed E-state index contributed by atoms with van der Waals surface area (Å²) in [6.45, 7) is 3.51. The van der Waals surface area contributed by atoms with Gasteiger partial charge < -0.3 is 9.64 Å². The number of piperidine rings is 1. The number of methoxy groups -OCH3 is 1. The summed E-state index contributed by atoms with van der Waals surface area (Å²) < 4.78 is 45.0. The highest BCUT2D eigenvalue weighted by Gasteiger charge is 2.34. The number of nitrogens with zero attached hydrogens (tertiary/aromatic N) is 3. The summed E-state index contributed by atoms with van der Waals surface area (Å²) in [6, 6.07) is 7.49. The molecule has 9 heteroatoms. The molecular formula is C20H22F3N3O2S. The first-order valence-corrected chi connectivity index (χ1v) is 10.3. The molecule has 0 bridgehead atoms. The molecule has 1 aliphatic rings. The van der Waals surface area contributed by atoms with Gasteiger partial charge >= 0.3 is 6.18 Å². The highest BCUT2D eigenvalue weighted by molar-refractivity contribution is 7.99. The summed E-state index contributed by atoms with van der Waals surface area (Å²) >= 11 is 0.932. The van der Waals surface area contributed by atoms with E-state index in [4.69, 9.17) is 4.74 Å². The van der Waals surface area contributed by atoms with Crippen molar-refractivity contribution in [2.45, 2.75) is 31.1 Å². The Labute approximate surface area is 171 Å². The number of hydrogen-bond donors (Lipinski definition) is 0. The summed E-state index contributed by atoms with van der Waals surface area (Å²) in [7, 11) is 1.51. The molecule has 156 valence electrons. The number of carbonyl (C=O) groups excluding carboxylic acids is 1. The van der Waals surface area contributed by atoms with Crippen LogP contribution in [0.15, 0.2) is 35.5 Å². The molecule has 1 amide bonds. The first-order valence-electron chi connectivity index (χ1n) is 9.27. The number of thioether (sulfide) groups is 1. The van der Waals surface area contributed by atoms with Gasteiger partial charge in [-0.2, -0.15) is 13.2 Å².